The molecule has 0 aliphatic carbocycles. The third kappa shape index (κ3) is 13.8. The van der Waals surface area contributed by atoms with Crippen molar-refractivity contribution in [1.29, 1.82) is 0 Å². The molecular formula is C23H27Cl3N14O6. The van der Waals surface area contributed by atoms with Crippen molar-refractivity contribution >= 4 is 87.9 Å². The molecule has 0 aliphatic heterocycles. The van der Waals surface area contributed by atoms with Gasteiger partial charge in [-0.1, -0.05) is 65.1 Å². The summed E-state index contributed by atoms with van der Waals surface area (Å²) in [4.78, 5) is 64.8. The van der Waals surface area contributed by atoms with Crippen LogP contribution in [0.25, 0.3) is 0 Å². The topological polar surface area (TPSA) is 368 Å². The minimum Gasteiger partial charge on any atom is -0.480 e. The van der Waals surface area contributed by atoms with E-state index in [1.165, 1.54) is 0 Å². The third-order valence-corrected chi connectivity index (χ3v) is 5.29. The van der Waals surface area contributed by atoms with Crippen molar-refractivity contribution < 1.29 is 29.0 Å². The summed E-state index contributed by atoms with van der Waals surface area (Å²) in [5.41, 5.74) is 36.4. The Labute approximate surface area is 274 Å². The third-order valence-electron chi connectivity index (χ3n) is 4.40. The Morgan fingerprint density at radius 3 is 1.74 bits per heavy atom. The molecule has 3 aromatic rings. The molecule has 46 heavy (non-hydrogen) atoms. The minimum atomic E-state index is -1.13. The van der Waals surface area contributed by atoms with E-state index in [-0.39, 0.29) is 56.8 Å². The number of amides is 2. The van der Waals surface area contributed by atoms with Gasteiger partial charge in [0.15, 0.2) is 56.2 Å². The molecule has 23 heteroatoms. The van der Waals surface area contributed by atoms with Gasteiger partial charge in [-0.2, -0.15) is 9.98 Å². The summed E-state index contributed by atoms with van der Waals surface area (Å²) >= 11 is 16.8. The fraction of sp³-hybridized carbons (Fsp3) is 0.130. The summed E-state index contributed by atoms with van der Waals surface area (Å²) in [7, 11) is 0. The van der Waals surface area contributed by atoms with Crippen LogP contribution in [0.5, 0.6) is 0 Å². The first-order valence-corrected chi connectivity index (χ1v) is 13.1. The molecule has 0 radical (unpaired) electrons. The van der Waals surface area contributed by atoms with Crippen LogP contribution in [-0.4, -0.2) is 73.8 Å². The molecule has 0 aliphatic rings. The van der Waals surface area contributed by atoms with Gasteiger partial charge in [0, 0.05) is 0 Å². The Bertz CT molecular complexity index is 1620. The number of nitrogen functional groups attached to an aromatic ring is 2. The van der Waals surface area contributed by atoms with Gasteiger partial charge < -0.3 is 55.3 Å². The number of nitrogens with zero attached hydrogens (tertiary/aromatic N) is 6. The van der Waals surface area contributed by atoms with Crippen LogP contribution in [0.4, 0.5) is 17.5 Å². The van der Waals surface area contributed by atoms with Crippen molar-refractivity contribution in [3.63, 3.8) is 0 Å². The number of hydrogen-bond acceptors (Lipinski definition) is 13. The minimum absolute atomic E-state index is 0.0627. The summed E-state index contributed by atoms with van der Waals surface area (Å²) in [6.45, 7) is -0.196. The molecule has 246 valence electrons. The highest BCUT2D eigenvalue weighted by atomic mass is 35.5. The summed E-state index contributed by atoms with van der Waals surface area (Å²) in [6, 6.07) is 9.49. The van der Waals surface area contributed by atoms with E-state index < -0.39 is 36.2 Å². The number of rotatable bonds is 8. The molecule has 1 aromatic carbocycles. The molecule has 0 bridgehead atoms. The molecule has 0 saturated heterocycles. The maximum absolute atomic E-state index is 11.5. The molecular weight excluding hydrogens is 675 g/mol. The van der Waals surface area contributed by atoms with Crippen molar-refractivity contribution in [2.75, 3.05) is 29.9 Å². The monoisotopic (exact) mass is 700 g/mol. The van der Waals surface area contributed by atoms with Crippen LogP contribution in [0.3, 0.4) is 0 Å². The Hall–Kier alpha value is -5.57. The number of guanidine groups is 2. The average molecular weight is 702 g/mol. The number of hydrogen-bond donors (Lipinski definition) is 9. The van der Waals surface area contributed by atoms with Crippen molar-refractivity contribution in [2.24, 2.45) is 38.7 Å². The number of carbonyl (C=O) groups excluding carboxylic acids is 3. The van der Waals surface area contributed by atoms with Gasteiger partial charge in [0.2, 0.25) is 0 Å². The van der Waals surface area contributed by atoms with E-state index in [1.54, 1.807) is 0 Å². The van der Waals surface area contributed by atoms with E-state index in [4.69, 9.17) is 84.8 Å². The lowest BCUT2D eigenvalue weighted by atomic mass is 10.2. The number of anilines is 3. The van der Waals surface area contributed by atoms with Crippen molar-refractivity contribution in [1.82, 2.24) is 19.9 Å². The predicted octanol–water partition coefficient (Wildman–Crippen LogP) is -0.910. The van der Waals surface area contributed by atoms with Crippen LogP contribution in [-0.2, 0) is 20.9 Å². The fourth-order valence-corrected chi connectivity index (χ4v) is 3.01. The van der Waals surface area contributed by atoms with E-state index in [1.807, 2.05) is 30.3 Å². The van der Waals surface area contributed by atoms with Gasteiger partial charge >= 0.3 is 23.8 Å². The number of carbonyl (C=O) groups is 4. The number of carboxylic acids is 1. The van der Waals surface area contributed by atoms with Gasteiger partial charge in [0.1, 0.15) is 13.2 Å². The number of ether oxygens (including phenoxy) is 1. The van der Waals surface area contributed by atoms with Crippen LogP contribution in [0, 0.1) is 0 Å². The summed E-state index contributed by atoms with van der Waals surface area (Å²) in [6.07, 6.45) is 0. The smallest absolute Gasteiger partial charge is 0.322 e. The molecule has 0 fully saturated rings. The van der Waals surface area contributed by atoms with Crippen LogP contribution in [0.1, 0.15) is 26.5 Å². The zero-order valence-corrected chi connectivity index (χ0v) is 25.6. The van der Waals surface area contributed by atoms with Crippen LogP contribution in [0.15, 0.2) is 40.3 Å². The number of aliphatic carboxylic acids is 1. The van der Waals surface area contributed by atoms with Crippen molar-refractivity contribution in [3.8, 4) is 0 Å². The lowest BCUT2D eigenvalue weighted by Crippen LogP contribution is -2.25. The highest BCUT2D eigenvalue weighted by Gasteiger charge is 2.17. The molecule has 0 saturated carbocycles. The molecule has 2 heterocycles. The second-order valence-electron chi connectivity index (χ2n) is 7.92. The number of halogens is 3. The molecule has 3 rings (SSSR count). The quantitative estimate of drug-likeness (QED) is 0.0779. The SMILES string of the molecule is NC(N)=NC(=O)c1nc(Cl)c(Cl)nc1N.NC(N)=NC(=O)c1nc(Cl)c(NCC(=O)O)nc1N.NCC(=O)OCc1ccccc1. The Morgan fingerprint density at radius 2 is 1.26 bits per heavy atom. The molecule has 16 N–H and O–H groups in total. The van der Waals surface area contributed by atoms with Gasteiger partial charge in [-0.05, 0) is 5.56 Å². The van der Waals surface area contributed by atoms with Gasteiger partial charge in [0.05, 0.1) is 6.54 Å². The van der Waals surface area contributed by atoms with E-state index in [2.05, 4.69) is 35.2 Å². The number of aliphatic imine (C=N–C) groups is 2. The summed E-state index contributed by atoms with van der Waals surface area (Å²) in [5, 5.41) is 10.4. The van der Waals surface area contributed by atoms with E-state index in [9.17, 15) is 19.2 Å². The van der Waals surface area contributed by atoms with Gasteiger partial charge in [-0.15, -0.1) is 0 Å². The molecule has 0 atom stereocenters. The summed E-state index contributed by atoms with van der Waals surface area (Å²) in [5.74, 6) is -4.66. The Balaban J connectivity index is 0.000000354. The molecule has 2 amide bonds. The fourth-order valence-electron chi connectivity index (χ4n) is 2.56. The maximum atomic E-state index is 11.5. The van der Waals surface area contributed by atoms with Gasteiger partial charge in [0.25, 0.3) is 0 Å². The zero-order valence-electron chi connectivity index (χ0n) is 23.4. The Morgan fingerprint density at radius 1 is 0.783 bits per heavy atom. The summed E-state index contributed by atoms with van der Waals surface area (Å²) < 4.78 is 4.81. The second kappa shape index (κ2) is 19.0. The maximum Gasteiger partial charge on any atom is 0.322 e. The van der Waals surface area contributed by atoms with E-state index in [0.29, 0.717) is 6.61 Å². The van der Waals surface area contributed by atoms with E-state index in [0.717, 1.165) is 5.56 Å². The number of nitrogens with two attached hydrogens (primary N) is 7. The highest BCUT2D eigenvalue weighted by molar-refractivity contribution is 6.40. The average Bonchev–Trinajstić information content (AvgIpc) is 2.98. The number of benzene rings is 1. The van der Waals surface area contributed by atoms with Crippen molar-refractivity contribution in [2.45, 2.75) is 6.61 Å². The van der Waals surface area contributed by atoms with Crippen LogP contribution in [0.2, 0.25) is 15.5 Å². The predicted molar refractivity (Wildman–Crippen MR) is 170 cm³/mol. The Kier molecular flexibility index (Phi) is 15.8. The largest absolute Gasteiger partial charge is 0.480 e. The zero-order chi connectivity index (χ0) is 35.0. The lowest BCUT2D eigenvalue weighted by Gasteiger charge is -2.07. The number of esters is 1. The van der Waals surface area contributed by atoms with Crippen LogP contribution < -0.4 is 45.5 Å². The first-order valence-electron chi connectivity index (χ1n) is 12.0. The first kappa shape index (κ1) is 38.5. The van der Waals surface area contributed by atoms with Gasteiger partial charge in [-0.3, -0.25) is 19.2 Å². The van der Waals surface area contributed by atoms with Gasteiger partial charge in [-0.25, -0.2) is 19.9 Å². The molecule has 2 aromatic heterocycles. The standard InChI is InChI=1S/C9H11NO2.C8H10ClN7O3.C6H6Cl2N6O/c10-6-9(11)12-7-8-4-2-1-3-5-8;9-4-6(13-1-2(17)18)15-5(10)3(14-4)7(19)16-8(11)12;7-2-3(8)13-4(9)1(12-2)5(15)14-6(10)11/h1-5H,6-7,10H2;1H2,(H,17,18)(H3,10,13,15)(H4,11,12,16,19);(H2,9,13)(H4,10,11,14,15). The molecule has 0 unspecified atom stereocenters. The van der Waals surface area contributed by atoms with Crippen LogP contribution >= 0.6 is 34.8 Å². The number of carboxylic acid groups (broad SMARTS) is 1. The molecule has 0 spiro atoms. The highest BCUT2D eigenvalue weighted by Crippen LogP contribution is 2.21. The van der Waals surface area contributed by atoms with Crippen molar-refractivity contribution in [3.05, 3.63) is 62.7 Å². The van der Waals surface area contributed by atoms with E-state index >= 15 is 0 Å². The number of nitrogens with one attached hydrogen (secondary N) is 1. The first-order chi connectivity index (χ1) is 21.5. The normalized spacial score (nSPS) is 9.65. The lowest BCUT2D eigenvalue weighted by molar-refractivity contribution is -0.143. The second-order valence-corrected chi connectivity index (χ2v) is 8.99. The number of aromatic nitrogens is 4. The molecule has 20 nitrogen and oxygen atoms in total.